The van der Waals surface area contributed by atoms with Crippen LogP contribution in [0.15, 0.2) is 47.6 Å². The number of benzene rings is 1. The number of carboxylic acids is 1. The number of nitrogens with zero attached hydrogens (tertiary/aromatic N) is 2. The number of aromatic carboxylic acids is 1. The molecule has 0 saturated carbocycles. The summed E-state index contributed by atoms with van der Waals surface area (Å²) in [5.74, 6) is -0.995. The molecule has 0 atom stereocenters. The molecule has 0 saturated heterocycles. The Balaban J connectivity index is 2.12. The molecule has 1 aromatic carbocycles. The minimum absolute atomic E-state index is 0.188. The van der Waals surface area contributed by atoms with Crippen LogP contribution in [0.25, 0.3) is 0 Å². The van der Waals surface area contributed by atoms with Crippen molar-refractivity contribution >= 4 is 18.0 Å². The summed E-state index contributed by atoms with van der Waals surface area (Å²) in [4.78, 5) is 19.2. The van der Waals surface area contributed by atoms with Gasteiger partial charge in [-0.25, -0.2) is 14.8 Å². The van der Waals surface area contributed by atoms with E-state index in [2.05, 4.69) is 9.97 Å². The lowest BCUT2D eigenvalue weighted by Crippen LogP contribution is -1.99. The molecular weight excluding hydrogens is 240 g/mol. The van der Waals surface area contributed by atoms with Crippen LogP contribution in [0.4, 0.5) is 0 Å². The number of carboxylic acid groups (broad SMARTS) is 1. The molecule has 5 nitrogen and oxygen atoms in total. The smallest absolute Gasteiger partial charge is 0.336 e. The van der Waals surface area contributed by atoms with E-state index in [1.54, 1.807) is 36.7 Å². The lowest BCUT2D eigenvalue weighted by molar-refractivity contribution is 0.0693. The van der Waals surface area contributed by atoms with Gasteiger partial charge in [-0.3, -0.25) is 0 Å². The normalized spacial score (nSPS) is 9.88. The first-order chi connectivity index (χ1) is 8.27. The van der Waals surface area contributed by atoms with Crippen molar-refractivity contribution in [2.24, 2.45) is 0 Å². The molecule has 0 amide bonds. The second-order valence-electron chi connectivity index (χ2n) is 3.00. The lowest BCUT2D eigenvalue weighted by atomic mass is 10.2. The van der Waals surface area contributed by atoms with Crippen molar-refractivity contribution in [3.63, 3.8) is 0 Å². The Kier molecular flexibility index (Phi) is 3.56. The number of aromatic nitrogens is 2. The topological polar surface area (TPSA) is 72.3 Å². The van der Waals surface area contributed by atoms with Crippen molar-refractivity contribution in [2.75, 3.05) is 0 Å². The van der Waals surface area contributed by atoms with Gasteiger partial charge in [0.1, 0.15) is 0 Å². The Morgan fingerprint density at radius 1 is 1.18 bits per heavy atom. The number of rotatable bonds is 4. The zero-order valence-corrected chi connectivity index (χ0v) is 9.42. The van der Waals surface area contributed by atoms with Crippen LogP contribution >= 0.6 is 12.0 Å². The van der Waals surface area contributed by atoms with E-state index in [9.17, 15) is 4.79 Å². The van der Waals surface area contributed by atoms with Gasteiger partial charge in [0.2, 0.25) is 0 Å². The highest BCUT2D eigenvalue weighted by Gasteiger charge is 2.11. The summed E-state index contributed by atoms with van der Waals surface area (Å²) in [5.41, 5.74) is 0.188. The van der Waals surface area contributed by atoms with E-state index in [0.29, 0.717) is 4.90 Å². The van der Waals surface area contributed by atoms with Crippen molar-refractivity contribution in [3.05, 3.63) is 48.3 Å². The average molecular weight is 248 g/mol. The van der Waals surface area contributed by atoms with Crippen LogP contribution in [0.1, 0.15) is 10.4 Å². The molecule has 0 radical (unpaired) electrons. The zero-order chi connectivity index (χ0) is 12.1. The van der Waals surface area contributed by atoms with Crippen LogP contribution in [-0.2, 0) is 0 Å². The Bertz CT molecular complexity index is 519. The molecule has 86 valence electrons. The van der Waals surface area contributed by atoms with Gasteiger partial charge in [0.25, 0.3) is 0 Å². The van der Waals surface area contributed by atoms with Crippen LogP contribution < -0.4 is 4.18 Å². The van der Waals surface area contributed by atoms with Crippen molar-refractivity contribution in [3.8, 4) is 6.01 Å². The summed E-state index contributed by atoms with van der Waals surface area (Å²) in [5, 5.41) is 8.96. The maximum Gasteiger partial charge on any atom is 0.336 e. The summed E-state index contributed by atoms with van der Waals surface area (Å²) < 4.78 is 5.21. The summed E-state index contributed by atoms with van der Waals surface area (Å²) in [6, 6.07) is 8.44. The first kappa shape index (κ1) is 11.4. The minimum atomic E-state index is -0.995. The fourth-order valence-corrected chi connectivity index (χ4v) is 1.76. The van der Waals surface area contributed by atoms with E-state index >= 15 is 0 Å². The number of hydrogen-bond donors (Lipinski definition) is 1. The standard InChI is InChI=1S/C11H8N2O3S/c14-10(15)8-4-1-2-5-9(8)17-16-11-12-6-3-7-13-11/h1-7H,(H,14,15). The second kappa shape index (κ2) is 5.31. The molecule has 0 unspecified atom stereocenters. The van der Waals surface area contributed by atoms with Gasteiger partial charge in [-0.1, -0.05) is 12.1 Å². The predicted octanol–water partition coefficient (Wildman–Crippen LogP) is 2.26. The SMILES string of the molecule is O=C(O)c1ccccc1SOc1ncccn1. The van der Waals surface area contributed by atoms with Crippen LogP contribution in [0, 0.1) is 0 Å². The first-order valence-corrected chi connectivity index (χ1v) is 5.45. The highest BCUT2D eigenvalue weighted by atomic mass is 32.2. The Labute approximate surface area is 102 Å². The molecule has 0 aliphatic heterocycles. The minimum Gasteiger partial charge on any atom is -0.478 e. The Morgan fingerprint density at radius 2 is 1.88 bits per heavy atom. The van der Waals surface area contributed by atoms with Crippen molar-refractivity contribution in [1.29, 1.82) is 0 Å². The van der Waals surface area contributed by atoms with Gasteiger partial charge in [0, 0.05) is 12.4 Å². The van der Waals surface area contributed by atoms with E-state index in [-0.39, 0.29) is 11.6 Å². The molecule has 0 spiro atoms. The molecule has 2 rings (SSSR count). The third-order valence-corrected chi connectivity index (χ3v) is 2.63. The first-order valence-electron chi connectivity index (χ1n) is 4.71. The monoisotopic (exact) mass is 248 g/mol. The van der Waals surface area contributed by atoms with Crippen molar-refractivity contribution < 1.29 is 14.1 Å². The summed E-state index contributed by atoms with van der Waals surface area (Å²) in [6.07, 6.45) is 3.10. The van der Waals surface area contributed by atoms with Crippen LogP contribution in [0.2, 0.25) is 0 Å². The predicted molar refractivity (Wildman–Crippen MR) is 61.9 cm³/mol. The highest BCUT2D eigenvalue weighted by Crippen LogP contribution is 2.24. The third kappa shape index (κ3) is 2.94. The Morgan fingerprint density at radius 3 is 2.59 bits per heavy atom. The molecular formula is C11H8N2O3S. The van der Waals surface area contributed by atoms with Gasteiger partial charge in [-0.15, -0.1) is 0 Å². The molecule has 0 aliphatic carbocycles. The molecule has 6 heteroatoms. The van der Waals surface area contributed by atoms with E-state index in [1.807, 2.05) is 0 Å². The maximum absolute atomic E-state index is 10.9. The number of carbonyl (C=O) groups is 1. The summed E-state index contributed by atoms with van der Waals surface area (Å²) >= 11 is 0.923. The van der Waals surface area contributed by atoms with E-state index in [1.165, 1.54) is 6.07 Å². The van der Waals surface area contributed by atoms with Crippen LogP contribution in [-0.4, -0.2) is 21.0 Å². The third-order valence-electron chi connectivity index (χ3n) is 1.87. The number of hydrogen-bond acceptors (Lipinski definition) is 5. The van der Waals surface area contributed by atoms with Crippen molar-refractivity contribution in [1.82, 2.24) is 9.97 Å². The molecule has 0 bridgehead atoms. The van der Waals surface area contributed by atoms with Gasteiger partial charge >= 0.3 is 12.0 Å². The Hall–Kier alpha value is -2.08. The molecule has 2 aromatic rings. The molecule has 1 aromatic heterocycles. The van der Waals surface area contributed by atoms with E-state index < -0.39 is 5.97 Å². The average Bonchev–Trinajstić information content (AvgIpc) is 2.38. The van der Waals surface area contributed by atoms with Crippen molar-refractivity contribution in [2.45, 2.75) is 4.90 Å². The molecule has 0 fully saturated rings. The lowest BCUT2D eigenvalue weighted by Gasteiger charge is -2.04. The summed E-state index contributed by atoms with van der Waals surface area (Å²) in [6.45, 7) is 0. The molecule has 17 heavy (non-hydrogen) atoms. The zero-order valence-electron chi connectivity index (χ0n) is 8.61. The fraction of sp³-hybridized carbons (Fsp3) is 0. The molecule has 1 heterocycles. The maximum atomic E-state index is 10.9. The van der Waals surface area contributed by atoms with E-state index in [4.69, 9.17) is 9.29 Å². The summed E-state index contributed by atoms with van der Waals surface area (Å²) in [7, 11) is 0. The van der Waals surface area contributed by atoms with Gasteiger partial charge < -0.3 is 9.29 Å². The van der Waals surface area contributed by atoms with Crippen LogP contribution in [0.3, 0.4) is 0 Å². The highest BCUT2D eigenvalue weighted by molar-refractivity contribution is 7.95. The largest absolute Gasteiger partial charge is 0.478 e. The van der Waals surface area contributed by atoms with E-state index in [0.717, 1.165) is 12.0 Å². The quantitative estimate of drug-likeness (QED) is 0.837. The molecule has 0 aliphatic rings. The van der Waals surface area contributed by atoms with Gasteiger partial charge in [0.15, 0.2) is 0 Å². The molecule has 1 N–H and O–H groups in total. The van der Waals surface area contributed by atoms with Gasteiger partial charge in [-0.2, -0.15) is 0 Å². The van der Waals surface area contributed by atoms with Gasteiger partial charge in [0.05, 0.1) is 22.5 Å². The fourth-order valence-electron chi connectivity index (χ4n) is 1.13. The second-order valence-corrected chi connectivity index (χ2v) is 3.77. The van der Waals surface area contributed by atoms with Gasteiger partial charge in [-0.05, 0) is 18.2 Å². The van der Waals surface area contributed by atoms with Crippen LogP contribution in [0.5, 0.6) is 6.01 Å².